The fraction of sp³-hybridized carbons (Fsp3) is 0.182. The van der Waals surface area contributed by atoms with Crippen LogP contribution in [-0.2, 0) is 12.7 Å². The summed E-state index contributed by atoms with van der Waals surface area (Å²) in [6, 6.07) is 4.29. The van der Waals surface area contributed by atoms with Crippen molar-refractivity contribution in [1.82, 2.24) is 14.8 Å². The maximum absolute atomic E-state index is 12.4. The van der Waals surface area contributed by atoms with Gasteiger partial charge < -0.3 is 5.11 Å². The molecule has 2 heterocycles. The van der Waals surface area contributed by atoms with E-state index in [-0.39, 0.29) is 12.2 Å². The van der Waals surface area contributed by atoms with Gasteiger partial charge in [0.1, 0.15) is 5.69 Å². The molecule has 0 bridgehead atoms. The highest BCUT2D eigenvalue weighted by molar-refractivity contribution is 5.85. The van der Waals surface area contributed by atoms with Crippen LogP contribution >= 0.6 is 0 Å². The van der Waals surface area contributed by atoms with E-state index in [4.69, 9.17) is 5.11 Å². The van der Waals surface area contributed by atoms with Crippen molar-refractivity contribution in [3.63, 3.8) is 0 Å². The van der Waals surface area contributed by atoms with Crippen LogP contribution in [0.4, 0.5) is 13.2 Å². The van der Waals surface area contributed by atoms with Crippen LogP contribution in [0.25, 0.3) is 0 Å². The van der Waals surface area contributed by atoms with E-state index in [1.165, 1.54) is 18.2 Å². The third-order valence-electron chi connectivity index (χ3n) is 2.31. The smallest absolute Gasteiger partial charge is 0.419 e. The number of nitrogens with zero attached hydrogens (tertiary/aromatic N) is 3. The van der Waals surface area contributed by atoms with Crippen molar-refractivity contribution in [3.05, 3.63) is 47.5 Å². The van der Waals surface area contributed by atoms with Crippen LogP contribution in [0.3, 0.4) is 0 Å². The number of hydrogen-bond donors (Lipinski definition) is 1. The van der Waals surface area contributed by atoms with E-state index in [9.17, 15) is 18.0 Å². The molecule has 0 atom stereocenters. The van der Waals surface area contributed by atoms with Gasteiger partial charge in [0.15, 0.2) is 0 Å². The van der Waals surface area contributed by atoms with Gasteiger partial charge in [-0.3, -0.25) is 4.68 Å². The predicted octanol–water partition coefficient (Wildman–Crippen LogP) is 2.04. The number of aromatic nitrogens is 3. The molecule has 0 fully saturated rings. The lowest BCUT2D eigenvalue weighted by atomic mass is 10.3. The molecule has 0 aromatic carbocycles. The Morgan fingerprint density at radius 2 is 2.11 bits per heavy atom. The molecule has 8 heteroatoms. The third kappa shape index (κ3) is 3.09. The largest absolute Gasteiger partial charge is 0.477 e. The van der Waals surface area contributed by atoms with Crippen LogP contribution in [0.15, 0.2) is 30.6 Å². The summed E-state index contributed by atoms with van der Waals surface area (Å²) in [5.41, 5.74) is -0.709. The van der Waals surface area contributed by atoms with E-state index < -0.39 is 17.7 Å². The number of alkyl halides is 3. The lowest BCUT2D eigenvalue weighted by Crippen LogP contribution is -2.07. The first-order valence-electron chi connectivity index (χ1n) is 5.15. The zero-order valence-corrected chi connectivity index (χ0v) is 9.42. The summed E-state index contributed by atoms with van der Waals surface area (Å²) in [5.74, 6) is -1.20. The van der Waals surface area contributed by atoms with Gasteiger partial charge in [0, 0.05) is 6.20 Å². The Morgan fingerprint density at radius 1 is 1.37 bits per heavy atom. The molecule has 0 saturated heterocycles. The van der Waals surface area contributed by atoms with Gasteiger partial charge in [-0.1, -0.05) is 6.07 Å². The Morgan fingerprint density at radius 3 is 2.68 bits per heavy atom. The van der Waals surface area contributed by atoms with E-state index in [1.807, 2.05) is 0 Å². The average molecular weight is 271 g/mol. The van der Waals surface area contributed by atoms with E-state index in [1.54, 1.807) is 0 Å². The molecule has 0 aliphatic rings. The lowest BCUT2D eigenvalue weighted by Gasteiger charge is -2.03. The molecule has 0 spiro atoms. The molecule has 0 amide bonds. The fourth-order valence-corrected chi connectivity index (χ4v) is 1.45. The Labute approximate surface area is 105 Å². The number of hydrogen-bond acceptors (Lipinski definition) is 3. The highest BCUT2D eigenvalue weighted by Crippen LogP contribution is 2.28. The molecule has 0 unspecified atom stereocenters. The monoisotopic (exact) mass is 271 g/mol. The minimum atomic E-state index is -4.45. The van der Waals surface area contributed by atoms with Crippen LogP contribution in [0.1, 0.15) is 21.7 Å². The summed E-state index contributed by atoms with van der Waals surface area (Å²) >= 11 is 0. The molecule has 0 aliphatic carbocycles. The fourth-order valence-electron chi connectivity index (χ4n) is 1.45. The summed E-state index contributed by atoms with van der Waals surface area (Å²) in [6.45, 7) is -0.0306. The molecule has 0 saturated carbocycles. The van der Waals surface area contributed by atoms with Crippen molar-refractivity contribution >= 4 is 5.97 Å². The van der Waals surface area contributed by atoms with Crippen molar-refractivity contribution in [2.45, 2.75) is 12.7 Å². The van der Waals surface area contributed by atoms with Gasteiger partial charge in [-0.05, 0) is 12.1 Å². The maximum Gasteiger partial charge on any atom is 0.419 e. The second kappa shape index (κ2) is 4.71. The SMILES string of the molecule is O=C(O)c1cccc(Cn2cc(C(F)(F)F)cn2)n1. The van der Waals surface area contributed by atoms with Gasteiger partial charge in [-0.15, -0.1) is 0 Å². The molecule has 5 nitrogen and oxygen atoms in total. The Bertz CT molecular complexity index is 607. The number of pyridine rings is 1. The summed E-state index contributed by atoms with van der Waals surface area (Å²) in [7, 11) is 0. The number of carboxylic acid groups (broad SMARTS) is 1. The predicted molar refractivity (Wildman–Crippen MR) is 57.5 cm³/mol. The number of carboxylic acids is 1. The molecule has 19 heavy (non-hydrogen) atoms. The van der Waals surface area contributed by atoms with Crippen LogP contribution in [0, 0.1) is 0 Å². The van der Waals surface area contributed by atoms with E-state index >= 15 is 0 Å². The number of halogens is 3. The molecular weight excluding hydrogens is 263 g/mol. The molecule has 2 aromatic heterocycles. The first-order valence-corrected chi connectivity index (χ1v) is 5.15. The zero-order valence-electron chi connectivity index (χ0n) is 9.42. The van der Waals surface area contributed by atoms with Crippen LogP contribution < -0.4 is 0 Å². The van der Waals surface area contributed by atoms with Crippen molar-refractivity contribution in [3.8, 4) is 0 Å². The molecule has 2 rings (SSSR count). The van der Waals surface area contributed by atoms with Crippen molar-refractivity contribution in [2.24, 2.45) is 0 Å². The van der Waals surface area contributed by atoms with Crippen molar-refractivity contribution < 1.29 is 23.1 Å². The summed E-state index contributed by atoms with van der Waals surface area (Å²) in [5, 5.41) is 12.3. The highest BCUT2D eigenvalue weighted by atomic mass is 19.4. The molecule has 100 valence electrons. The first kappa shape index (κ1) is 13.1. The number of rotatable bonds is 3. The lowest BCUT2D eigenvalue weighted by molar-refractivity contribution is -0.137. The van der Waals surface area contributed by atoms with Crippen LogP contribution in [0.2, 0.25) is 0 Å². The summed E-state index contributed by atoms with van der Waals surface area (Å²) in [4.78, 5) is 14.5. The number of carbonyl (C=O) groups is 1. The van der Waals surface area contributed by atoms with Gasteiger partial charge in [0.05, 0.1) is 24.0 Å². The second-order valence-corrected chi connectivity index (χ2v) is 3.74. The van der Waals surface area contributed by atoms with E-state index in [0.29, 0.717) is 11.9 Å². The Hall–Kier alpha value is -2.38. The quantitative estimate of drug-likeness (QED) is 0.927. The van der Waals surface area contributed by atoms with Gasteiger partial charge in [0.2, 0.25) is 0 Å². The average Bonchev–Trinajstić information content (AvgIpc) is 2.77. The summed E-state index contributed by atoms with van der Waals surface area (Å²) < 4.78 is 38.1. The zero-order chi connectivity index (χ0) is 14.0. The van der Waals surface area contributed by atoms with E-state index in [0.717, 1.165) is 10.9 Å². The van der Waals surface area contributed by atoms with Crippen molar-refractivity contribution in [1.29, 1.82) is 0 Å². The van der Waals surface area contributed by atoms with Gasteiger partial charge in [0.25, 0.3) is 0 Å². The summed E-state index contributed by atoms with van der Waals surface area (Å²) in [6.07, 6.45) is -2.90. The first-order chi connectivity index (χ1) is 8.86. The minimum absolute atomic E-state index is 0.0306. The highest BCUT2D eigenvalue weighted by Gasteiger charge is 2.32. The van der Waals surface area contributed by atoms with Gasteiger partial charge in [-0.2, -0.15) is 18.3 Å². The Kier molecular flexibility index (Phi) is 3.24. The minimum Gasteiger partial charge on any atom is -0.477 e. The molecule has 0 radical (unpaired) electrons. The van der Waals surface area contributed by atoms with Gasteiger partial charge in [-0.25, -0.2) is 9.78 Å². The topological polar surface area (TPSA) is 68.0 Å². The van der Waals surface area contributed by atoms with Crippen molar-refractivity contribution in [2.75, 3.05) is 0 Å². The van der Waals surface area contributed by atoms with E-state index in [2.05, 4.69) is 10.1 Å². The molecular formula is C11H8F3N3O2. The molecule has 2 aromatic rings. The second-order valence-electron chi connectivity index (χ2n) is 3.74. The number of aromatic carboxylic acids is 1. The molecule has 1 N–H and O–H groups in total. The molecule has 0 aliphatic heterocycles. The standard InChI is InChI=1S/C11H8F3N3O2/c12-11(13,14)7-4-15-17(5-7)6-8-2-1-3-9(16-8)10(18)19/h1-5H,6H2,(H,18,19). The normalized spacial score (nSPS) is 11.5. The van der Waals surface area contributed by atoms with Crippen LogP contribution in [0.5, 0.6) is 0 Å². The maximum atomic E-state index is 12.4. The van der Waals surface area contributed by atoms with Gasteiger partial charge >= 0.3 is 12.1 Å². The van der Waals surface area contributed by atoms with Crippen LogP contribution in [-0.4, -0.2) is 25.8 Å². The third-order valence-corrected chi connectivity index (χ3v) is 2.31. The Balaban J connectivity index is 2.19.